The summed E-state index contributed by atoms with van der Waals surface area (Å²) in [5, 5.41) is 7.76. The lowest BCUT2D eigenvalue weighted by atomic mass is 9.85. The van der Waals surface area contributed by atoms with E-state index in [2.05, 4.69) is 53.1 Å². The molecule has 0 spiro atoms. The standard InChI is InChI=1S/C28H34N4O2S/c1-20-16-21(2)32(30-20)24-7-5-6-23(17-24)19-31(3)27(34)13-15-28(14-12-26(33)29-28)18-22-8-10-25(35-4)11-9-22/h5-11,16-17H,12-15,18-19H2,1-4H3,(H,29,33). The number of nitrogens with zero attached hydrogens (tertiary/aromatic N) is 3. The summed E-state index contributed by atoms with van der Waals surface area (Å²) in [6, 6.07) is 18.7. The van der Waals surface area contributed by atoms with Crippen LogP contribution in [0.25, 0.3) is 5.69 Å². The minimum absolute atomic E-state index is 0.0764. The van der Waals surface area contributed by atoms with Crippen LogP contribution >= 0.6 is 11.8 Å². The number of aryl methyl sites for hydroxylation is 2. The quantitative estimate of drug-likeness (QED) is 0.436. The summed E-state index contributed by atoms with van der Waals surface area (Å²) in [6.07, 6.45) is 5.12. The van der Waals surface area contributed by atoms with Crippen LogP contribution in [0, 0.1) is 13.8 Å². The predicted octanol–water partition coefficient (Wildman–Crippen LogP) is 4.84. The van der Waals surface area contributed by atoms with Crippen LogP contribution in [0.2, 0.25) is 0 Å². The third-order valence-corrected chi connectivity index (χ3v) is 7.51. The Labute approximate surface area is 212 Å². The predicted molar refractivity (Wildman–Crippen MR) is 141 cm³/mol. The zero-order valence-corrected chi connectivity index (χ0v) is 21.8. The van der Waals surface area contributed by atoms with Crippen molar-refractivity contribution in [2.75, 3.05) is 13.3 Å². The van der Waals surface area contributed by atoms with Gasteiger partial charge in [-0.1, -0.05) is 24.3 Å². The molecule has 1 aliphatic rings. The maximum Gasteiger partial charge on any atom is 0.222 e. The molecular weight excluding hydrogens is 456 g/mol. The van der Waals surface area contributed by atoms with Crippen molar-refractivity contribution in [2.45, 2.75) is 62.9 Å². The highest BCUT2D eigenvalue weighted by Crippen LogP contribution is 2.30. The number of amides is 2. The van der Waals surface area contributed by atoms with Gasteiger partial charge in [0.05, 0.1) is 11.4 Å². The molecule has 1 saturated heterocycles. The van der Waals surface area contributed by atoms with Gasteiger partial charge < -0.3 is 10.2 Å². The van der Waals surface area contributed by atoms with Crippen LogP contribution in [-0.4, -0.2) is 45.3 Å². The molecule has 0 bridgehead atoms. The molecule has 0 aliphatic carbocycles. The van der Waals surface area contributed by atoms with Gasteiger partial charge in [-0.05, 0) is 80.8 Å². The van der Waals surface area contributed by atoms with E-state index in [-0.39, 0.29) is 17.4 Å². The molecule has 0 saturated carbocycles. The Morgan fingerprint density at radius 1 is 1.14 bits per heavy atom. The van der Waals surface area contributed by atoms with Crippen molar-refractivity contribution in [3.8, 4) is 5.69 Å². The zero-order valence-electron chi connectivity index (χ0n) is 21.0. The van der Waals surface area contributed by atoms with Crippen LogP contribution < -0.4 is 5.32 Å². The molecule has 35 heavy (non-hydrogen) atoms. The lowest BCUT2D eigenvalue weighted by molar-refractivity contribution is -0.131. The van der Waals surface area contributed by atoms with E-state index in [1.807, 2.05) is 43.8 Å². The number of hydrogen-bond donors (Lipinski definition) is 1. The first-order valence-electron chi connectivity index (χ1n) is 12.1. The number of nitrogens with one attached hydrogen (secondary N) is 1. The molecule has 2 heterocycles. The summed E-state index contributed by atoms with van der Waals surface area (Å²) >= 11 is 1.71. The maximum atomic E-state index is 13.1. The molecule has 4 rings (SSSR count). The Morgan fingerprint density at radius 3 is 2.54 bits per heavy atom. The van der Waals surface area contributed by atoms with Crippen molar-refractivity contribution >= 4 is 23.6 Å². The maximum absolute atomic E-state index is 13.1. The largest absolute Gasteiger partial charge is 0.350 e. The molecule has 1 aromatic heterocycles. The van der Waals surface area contributed by atoms with E-state index in [1.54, 1.807) is 16.7 Å². The molecule has 184 valence electrons. The molecule has 7 heteroatoms. The second-order valence-electron chi connectivity index (χ2n) is 9.61. The normalized spacial score (nSPS) is 17.4. The van der Waals surface area contributed by atoms with E-state index in [0.29, 0.717) is 25.8 Å². The summed E-state index contributed by atoms with van der Waals surface area (Å²) in [4.78, 5) is 28.2. The van der Waals surface area contributed by atoms with Gasteiger partial charge in [-0.25, -0.2) is 4.68 Å². The van der Waals surface area contributed by atoms with Crippen molar-refractivity contribution in [2.24, 2.45) is 0 Å². The van der Waals surface area contributed by atoms with Crippen molar-refractivity contribution in [3.05, 3.63) is 77.1 Å². The highest BCUT2D eigenvalue weighted by Gasteiger charge is 2.38. The van der Waals surface area contributed by atoms with Crippen molar-refractivity contribution in [1.29, 1.82) is 0 Å². The van der Waals surface area contributed by atoms with E-state index in [0.717, 1.165) is 35.5 Å². The van der Waals surface area contributed by atoms with E-state index >= 15 is 0 Å². The minimum atomic E-state index is -0.357. The number of rotatable bonds is 9. The number of carbonyl (C=O) groups excluding carboxylic acids is 2. The van der Waals surface area contributed by atoms with Crippen LogP contribution in [0.15, 0.2) is 59.5 Å². The number of aromatic nitrogens is 2. The topological polar surface area (TPSA) is 67.2 Å². The molecule has 2 aromatic carbocycles. The van der Waals surface area contributed by atoms with Crippen molar-refractivity contribution < 1.29 is 9.59 Å². The molecule has 6 nitrogen and oxygen atoms in total. The fourth-order valence-electron chi connectivity index (χ4n) is 4.89. The van der Waals surface area contributed by atoms with Crippen LogP contribution in [0.3, 0.4) is 0 Å². The Hall–Kier alpha value is -3.06. The average Bonchev–Trinajstić information content (AvgIpc) is 3.39. The first-order chi connectivity index (χ1) is 16.8. The summed E-state index contributed by atoms with van der Waals surface area (Å²) in [5.74, 6) is 0.160. The van der Waals surface area contributed by atoms with Crippen LogP contribution in [-0.2, 0) is 22.6 Å². The highest BCUT2D eigenvalue weighted by molar-refractivity contribution is 7.98. The third-order valence-electron chi connectivity index (χ3n) is 6.76. The van der Waals surface area contributed by atoms with E-state index in [1.165, 1.54) is 10.5 Å². The van der Waals surface area contributed by atoms with Crippen LogP contribution in [0.5, 0.6) is 0 Å². The molecular formula is C28H34N4O2S. The molecule has 0 radical (unpaired) electrons. The van der Waals surface area contributed by atoms with Gasteiger partial charge in [0.2, 0.25) is 11.8 Å². The van der Waals surface area contributed by atoms with Crippen LogP contribution in [0.4, 0.5) is 0 Å². The lowest BCUT2D eigenvalue weighted by Gasteiger charge is -2.30. The van der Waals surface area contributed by atoms with E-state index in [4.69, 9.17) is 0 Å². The first-order valence-corrected chi connectivity index (χ1v) is 13.3. The molecule has 1 fully saturated rings. The second kappa shape index (κ2) is 10.7. The lowest BCUT2D eigenvalue weighted by Crippen LogP contribution is -2.44. The minimum Gasteiger partial charge on any atom is -0.350 e. The fraction of sp³-hybridized carbons (Fsp3) is 0.393. The molecule has 1 atom stereocenters. The number of carbonyl (C=O) groups is 2. The second-order valence-corrected chi connectivity index (χ2v) is 10.5. The summed E-state index contributed by atoms with van der Waals surface area (Å²) < 4.78 is 1.93. The molecule has 2 amide bonds. The molecule has 3 aromatic rings. The average molecular weight is 491 g/mol. The third kappa shape index (κ3) is 6.14. The van der Waals surface area contributed by atoms with Gasteiger partial charge >= 0.3 is 0 Å². The van der Waals surface area contributed by atoms with Gasteiger partial charge in [0.15, 0.2) is 0 Å². The smallest absolute Gasteiger partial charge is 0.222 e. The van der Waals surface area contributed by atoms with Gasteiger partial charge in [0.1, 0.15) is 0 Å². The number of thioether (sulfide) groups is 1. The van der Waals surface area contributed by atoms with Gasteiger partial charge in [0.25, 0.3) is 0 Å². The van der Waals surface area contributed by atoms with E-state index < -0.39 is 0 Å². The summed E-state index contributed by atoms with van der Waals surface area (Å²) in [6.45, 7) is 4.55. The Balaban J connectivity index is 1.39. The van der Waals surface area contributed by atoms with Gasteiger partial charge in [-0.15, -0.1) is 11.8 Å². The highest BCUT2D eigenvalue weighted by atomic mass is 32.2. The number of benzene rings is 2. The molecule has 1 aliphatic heterocycles. The summed E-state index contributed by atoms with van der Waals surface area (Å²) in [7, 11) is 1.85. The monoisotopic (exact) mass is 490 g/mol. The molecule has 1 unspecified atom stereocenters. The van der Waals surface area contributed by atoms with Gasteiger partial charge in [-0.2, -0.15) is 5.10 Å². The zero-order chi connectivity index (χ0) is 25.0. The fourth-order valence-corrected chi connectivity index (χ4v) is 5.30. The Bertz CT molecular complexity index is 1200. The van der Waals surface area contributed by atoms with Crippen molar-refractivity contribution in [3.63, 3.8) is 0 Å². The summed E-state index contributed by atoms with van der Waals surface area (Å²) in [5.41, 5.74) is 4.94. The SMILES string of the molecule is CSc1ccc(CC2(CCC(=O)N(C)Cc3cccc(-n4nc(C)cc4C)c3)CCC(=O)N2)cc1. The van der Waals surface area contributed by atoms with Gasteiger partial charge in [0, 0.05) is 42.6 Å². The van der Waals surface area contributed by atoms with Crippen molar-refractivity contribution in [1.82, 2.24) is 20.0 Å². The Morgan fingerprint density at radius 2 is 1.91 bits per heavy atom. The Kier molecular flexibility index (Phi) is 7.65. The first kappa shape index (κ1) is 25.0. The molecule has 1 N–H and O–H groups in total. The van der Waals surface area contributed by atoms with Crippen LogP contribution in [0.1, 0.15) is 48.2 Å². The van der Waals surface area contributed by atoms with E-state index in [9.17, 15) is 9.59 Å². The number of hydrogen-bond acceptors (Lipinski definition) is 4. The van der Waals surface area contributed by atoms with Gasteiger partial charge in [-0.3, -0.25) is 9.59 Å².